The molecule has 0 saturated carbocycles. The van der Waals surface area contributed by atoms with Crippen LogP contribution in [0.15, 0.2) is 30.1 Å². The monoisotopic (exact) mass is 240 g/mol. The molecule has 0 fully saturated rings. The predicted molar refractivity (Wildman–Crippen MR) is 51.3 cm³/mol. The van der Waals surface area contributed by atoms with E-state index in [9.17, 15) is 13.2 Å². The normalized spacial score (nSPS) is 13.1. The van der Waals surface area contributed by atoms with Crippen LogP contribution in [0.25, 0.3) is 6.08 Å². The molecule has 14 heavy (non-hydrogen) atoms. The highest BCUT2D eigenvalue weighted by atomic mass is 35.5. The molecule has 0 nitrogen and oxygen atoms in total. The zero-order valence-electron chi connectivity index (χ0n) is 6.78. The Labute approximate surface area is 88.9 Å². The summed E-state index contributed by atoms with van der Waals surface area (Å²) < 4.78 is 37.0. The fourth-order valence-corrected chi connectivity index (χ4v) is 0.968. The first kappa shape index (κ1) is 11.4. The fraction of sp³-hybridized carbons (Fsp3) is 0.111. The van der Waals surface area contributed by atoms with E-state index in [4.69, 9.17) is 11.6 Å². The van der Waals surface area contributed by atoms with Crippen LogP contribution in [0.1, 0.15) is 5.56 Å². The third kappa shape index (κ3) is 3.24. The molecule has 0 heterocycles. The highest BCUT2D eigenvalue weighted by molar-refractivity contribution is 6.30. The van der Waals surface area contributed by atoms with E-state index in [1.165, 1.54) is 24.3 Å². The molecule has 0 amide bonds. The molecule has 1 aromatic carbocycles. The molecule has 0 atom stereocenters. The summed E-state index contributed by atoms with van der Waals surface area (Å²) in [4.78, 5) is 0. The molecule has 0 aliphatic heterocycles. The van der Waals surface area contributed by atoms with Crippen molar-refractivity contribution < 1.29 is 13.2 Å². The Morgan fingerprint density at radius 3 is 2.14 bits per heavy atom. The second kappa shape index (κ2) is 4.24. The van der Waals surface area contributed by atoms with Crippen LogP contribution in [0.4, 0.5) is 13.2 Å². The second-order valence-corrected chi connectivity index (χ2v) is 3.45. The Hall–Kier alpha value is -0.670. The van der Waals surface area contributed by atoms with Gasteiger partial charge < -0.3 is 0 Å². The Bertz CT molecular complexity index is 338. The third-order valence-corrected chi connectivity index (χ3v) is 1.87. The van der Waals surface area contributed by atoms with E-state index in [1.807, 2.05) is 0 Å². The van der Waals surface area contributed by atoms with Crippen LogP contribution in [-0.4, -0.2) is 5.38 Å². The van der Waals surface area contributed by atoms with E-state index in [1.54, 1.807) is 0 Å². The van der Waals surface area contributed by atoms with Crippen LogP contribution in [-0.2, 0) is 0 Å². The number of rotatable bonds is 2. The molecule has 0 saturated heterocycles. The molecule has 0 aliphatic rings. The van der Waals surface area contributed by atoms with Crippen LogP contribution in [0.3, 0.4) is 0 Å². The zero-order chi connectivity index (χ0) is 10.8. The first-order valence-electron chi connectivity index (χ1n) is 3.59. The van der Waals surface area contributed by atoms with Gasteiger partial charge in [0.1, 0.15) is 0 Å². The van der Waals surface area contributed by atoms with Crippen molar-refractivity contribution in [1.82, 2.24) is 0 Å². The van der Waals surface area contributed by atoms with Gasteiger partial charge in [-0.15, -0.1) is 0 Å². The van der Waals surface area contributed by atoms with Gasteiger partial charge in [-0.25, -0.2) is 4.39 Å². The molecule has 0 radical (unpaired) electrons. The molecule has 0 spiro atoms. The van der Waals surface area contributed by atoms with Crippen molar-refractivity contribution in [2.45, 2.75) is 5.38 Å². The van der Waals surface area contributed by atoms with E-state index in [0.717, 1.165) is 0 Å². The average Bonchev–Trinajstić information content (AvgIpc) is 2.07. The van der Waals surface area contributed by atoms with Crippen molar-refractivity contribution in [3.8, 4) is 0 Å². The van der Waals surface area contributed by atoms with Gasteiger partial charge in [0.2, 0.25) is 0 Å². The van der Waals surface area contributed by atoms with E-state index >= 15 is 0 Å². The van der Waals surface area contributed by atoms with Crippen molar-refractivity contribution in [2.75, 3.05) is 0 Å². The summed E-state index contributed by atoms with van der Waals surface area (Å²) >= 11 is 10.0. The van der Waals surface area contributed by atoms with Crippen molar-refractivity contribution >= 4 is 29.3 Å². The molecule has 76 valence electrons. The van der Waals surface area contributed by atoms with E-state index in [2.05, 4.69) is 11.6 Å². The van der Waals surface area contributed by atoms with Gasteiger partial charge in [0.25, 0.3) is 0 Å². The maximum atomic E-state index is 12.6. The highest BCUT2D eigenvalue weighted by Gasteiger charge is 2.31. The first-order valence-corrected chi connectivity index (χ1v) is 4.35. The summed E-state index contributed by atoms with van der Waals surface area (Å²) in [5.41, 5.74) is 0.271. The topological polar surface area (TPSA) is 0 Å². The number of alkyl halides is 3. The van der Waals surface area contributed by atoms with Crippen molar-refractivity contribution in [2.24, 2.45) is 0 Å². The lowest BCUT2D eigenvalue weighted by molar-refractivity contribution is 0.112. The summed E-state index contributed by atoms with van der Waals surface area (Å²) in [6.45, 7) is 0. The number of hydrogen-bond donors (Lipinski definition) is 0. The standard InChI is InChI=1S/C9H5Cl2F3/c10-7-3-1-6(2-4-7)5-8(12)9(11,13)14/h1-5H/b8-5+. The molecule has 0 bridgehead atoms. The number of hydrogen-bond acceptors (Lipinski definition) is 0. The van der Waals surface area contributed by atoms with Crippen molar-refractivity contribution in [3.05, 3.63) is 40.7 Å². The molecule has 0 aromatic heterocycles. The first-order chi connectivity index (χ1) is 6.39. The highest BCUT2D eigenvalue weighted by Crippen LogP contribution is 2.31. The van der Waals surface area contributed by atoms with Gasteiger partial charge in [0, 0.05) is 5.02 Å². The molecule has 0 unspecified atom stereocenters. The number of allylic oxidation sites excluding steroid dienone is 1. The summed E-state index contributed by atoms with van der Waals surface area (Å²) in [5, 5.41) is -3.51. The van der Waals surface area contributed by atoms with Gasteiger partial charge in [-0.05, 0) is 35.4 Å². The van der Waals surface area contributed by atoms with Gasteiger partial charge in [0.15, 0.2) is 5.83 Å². The molecule has 1 aromatic rings. The van der Waals surface area contributed by atoms with E-state index in [-0.39, 0.29) is 5.56 Å². The maximum absolute atomic E-state index is 12.6. The average molecular weight is 241 g/mol. The lowest BCUT2D eigenvalue weighted by Gasteiger charge is -2.03. The van der Waals surface area contributed by atoms with Crippen LogP contribution in [0, 0.1) is 0 Å². The second-order valence-electron chi connectivity index (χ2n) is 2.54. The summed E-state index contributed by atoms with van der Waals surface area (Å²) in [6, 6.07) is 5.75. The molecule has 1 rings (SSSR count). The smallest absolute Gasteiger partial charge is 0.204 e. The lowest BCUT2D eigenvalue weighted by atomic mass is 10.2. The van der Waals surface area contributed by atoms with E-state index < -0.39 is 11.2 Å². The molecule has 5 heteroatoms. The van der Waals surface area contributed by atoms with Gasteiger partial charge in [-0.1, -0.05) is 23.7 Å². The summed E-state index contributed by atoms with van der Waals surface area (Å²) in [5.74, 6) is -1.69. The largest absolute Gasteiger partial charge is 0.373 e. The van der Waals surface area contributed by atoms with Gasteiger partial charge in [-0.2, -0.15) is 8.78 Å². The Morgan fingerprint density at radius 2 is 1.71 bits per heavy atom. The summed E-state index contributed by atoms with van der Waals surface area (Å²) in [7, 11) is 0. The molecule has 0 aliphatic carbocycles. The zero-order valence-corrected chi connectivity index (χ0v) is 8.29. The minimum absolute atomic E-state index is 0.271. The third-order valence-electron chi connectivity index (χ3n) is 1.43. The van der Waals surface area contributed by atoms with Crippen LogP contribution < -0.4 is 0 Å². The Morgan fingerprint density at radius 1 is 1.21 bits per heavy atom. The van der Waals surface area contributed by atoms with E-state index in [0.29, 0.717) is 11.1 Å². The lowest BCUT2D eigenvalue weighted by Crippen LogP contribution is -2.05. The SMILES string of the molecule is F/C(=C/c1ccc(Cl)cc1)C(F)(F)Cl. The van der Waals surface area contributed by atoms with Crippen molar-refractivity contribution in [3.63, 3.8) is 0 Å². The summed E-state index contributed by atoms with van der Waals surface area (Å²) in [6.07, 6.45) is 0.656. The molecule has 0 N–H and O–H groups in total. The van der Waals surface area contributed by atoms with Crippen LogP contribution in [0.2, 0.25) is 5.02 Å². The maximum Gasteiger partial charge on any atom is 0.373 e. The minimum atomic E-state index is -3.96. The fourth-order valence-electron chi connectivity index (χ4n) is 0.787. The van der Waals surface area contributed by atoms with Gasteiger partial charge >= 0.3 is 5.38 Å². The van der Waals surface area contributed by atoms with Crippen LogP contribution in [0.5, 0.6) is 0 Å². The van der Waals surface area contributed by atoms with Crippen molar-refractivity contribution in [1.29, 1.82) is 0 Å². The number of benzene rings is 1. The Kier molecular flexibility index (Phi) is 3.45. The number of halogens is 5. The Balaban J connectivity index is 2.93. The van der Waals surface area contributed by atoms with Gasteiger partial charge in [-0.3, -0.25) is 0 Å². The minimum Gasteiger partial charge on any atom is -0.204 e. The molecular weight excluding hydrogens is 236 g/mol. The van der Waals surface area contributed by atoms with Gasteiger partial charge in [0.05, 0.1) is 0 Å². The quantitative estimate of drug-likeness (QED) is 0.669. The van der Waals surface area contributed by atoms with Crippen LogP contribution >= 0.6 is 23.2 Å². The predicted octanol–water partition coefficient (Wildman–Crippen LogP) is 4.48. The molecular formula is C9H5Cl2F3.